The highest BCUT2D eigenvalue weighted by molar-refractivity contribution is 5.75. The lowest BCUT2D eigenvalue weighted by molar-refractivity contribution is -0.159. The molecule has 6 heteroatoms. The zero-order chi connectivity index (χ0) is 16.4. The number of rotatable bonds is 10. The van der Waals surface area contributed by atoms with Crippen molar-refractivity contribution in [2.45, 2.75) is 38.6 Å². The van der Waals surface area contributed by atoms with Crippen LogP contribution in [0.5, 0.6) is 5.75 Å². The summed E-state index contributed by atoms with van der Waals surface area (Å²) in [6.45, 7) is 2.71. The molecule has 2 N–H and O–H groups in total. The van der Waals surface area contributed by atoms with Gasteiger partial charge >= 0.3 is 5.97 Å². The second kappa shape index (κ2) is 10.2. The SMILES string of the molecule is CCOC(=O)[C@H](O)[C@@H](O)CCCOCc1ccc(OC)cc1. The molecule has 0 fully saturated rings. The van der Waals surface area contributed by atoms with E-state index >= 15 is 0 Å². The summed E-state index contributed by atoms with van der Waals surface area (Å²) in [6, 6.07) is 7.55. The predicted octanol–water partition coefficient (Wildman–Crippen LogP) is 1.28. The molecule has 0 heterocycles. The molecule has 124 valence electrons. The van der Waals surface area contributed by atoms with Gasteiger partial charge in [-0.2, -0.15) is 0 Å². The Morgan fingerprint density at radius 2 is 1.91 bits per heavy atom. The van der Waals surface area contributed by atoms with Crippen LogP contribution in [0, 0.1) is 0 Å². The third kappa shape index (κ3) is 6.43. The van der Waals surface area contributed by atoms with Crippen LogP contribution >= 0.6 is 0 Å². The maximum absolute atomic E-state index is 11.2. The van der Waals surface area contributed by atoms with E-state index in [2.05, 4.69) is 4.74 Å². The van der Waals surface area contributed by atoms with E-state index in [0.29, 0.717) is 19.6 Å². The molecule has 2 atom stereocenters. The van der Waals surface area contributed by atoms with Crippen LogP contribution in [0.1, 0.15) is 25.3 Å². The molecule has 0 aliphatic rings. The quantitative estimate of drug-likeness (QED) is 0.500. The average molecular weight is 312 g/mol. The van der Waals surface area contributed by atoms with Crippen molar-refractivity contribution in [2.75, 3.05) is 20.3 Å². The molecule has 1 aromatic carbocycles. The van der Waals surface area contributed by atoms with Crippen molar-refractivity contribution in [1.82, 2.24) is 0 Å². The highest BCUT2D eigenvalue weighted by atomic mass is 16.5. The first kappa shape index (κ1) is 18.4. The van der Waals surface area contributed by atoms with Gasteiger partial charge in [0.15, 0.2) is 6.10 Å². The molecule has 0 unspecified atom stereocenters. The first-order valence-electron chi connectivity index (χ1n) is 7.32. The van der Waals surface area contributed by atoms with Crippen molar-refractivity contribution in [3.05, 3.63) is 29.8 Å². The molecule has 6 nitrogen and oxygen atoms in total. The van der Waals surface area contributed by atoms with Crippen LogP contribution in [-0.2, 0) is 20.9 Å². The fourth-order valence-electron chi connectivity index (χ4n) is 1.85. The maximum Gasteiger partial charge on any atom is 0.337 e. The van der Waals surface area contributed by atoms with Crippen LogP contribution in [-0.4, -0.2) is 48.7 Å². The molecule has 22 heavy (non-hydrogen) atoms. The number of aliphatic hydroxyl groups excluding tert-OH is 2. The van der Waals surface area contributed by atoms with E-state index < -0.39 is 18.2 Å². The summed E-state index contributed by atoms with van der Waals surface area (Å²) >= 11 is 0. The van der Waals surface area contributed by atoms with E-state index in [4.69, 9.17) is 9.47 Å². The van der Waals surface area contributed by atoms with Crippen molar-refractivity contribution >= 4 is 5.97 Å². The molecule has 0 saturated carbocycles. The minimum absolute atomic E-state index is 0.174. The predicted molar refractivity (Wildman–Crippen MR) is 80.5 cm³/mol. The number of hydrogen-bond acceptors (Lipinski definition) is 6. The number of carbonyl (C=O) groups is 1. The van der Waals surface area contributed by atoms with Gasteiger partial charge in [-0.05, 0) is 37.5 Å². The molecule has 1 rings (SSSR count). The number of aliphatic hydroxyl groups is 2. The Bertz CT molecular complexity index is 431. The Kier molecular flexibility index (Phi) is 8.50. The number of hydrogen-bond donors (Lipinski definition) is 2. The minimum atomic E-state index is -1.50. The van der Waals surface area contributed by atoms with Crippen LogP contribution in [0.15, 0.2) is 24.3 Å². The minimum Gasteiger partial charge on any atom is -0.497 e. The number of methoxy groups -OCH3 is 1. The summed E-state index contributed by atoms with van der Waals surface area (Å²) in [5, 5.41) is 19.2. The molecule has 0 amide bonds. The number of carbonyl (C=O) groups excluding carboxylic acids is 1. The smallest absolute Gasteiger partial charge is 0.337 e. The zero-order valence-electron chi connectivity index (χ0n) is 13.0. The Morgan fingerprint density at radius 3 is 2.50 bits per heavy atom. The highest BCUT2D eigenvalue weighted by Crippen LogP contribution is 2.12. The Hall–Kier alpha value is -1.63. The molecule has 0 aliphatic carbocycles. The van der Waals surface area contributed by atoms with Gasteiger partial charge in [0.25, 0.3) is 0 Å². The summed E-state index contributed by atoms with van der Waals surface area (Å²) in [5.74, 6) is -0.00558. The van der Waals surface area contributed by atoms with Gasteiger partial charge in [0, 0.05) is 6.61 Å². The van der Waals surface area contributed by atoms with Gasteiger partial charge < -0.3 is 24.4 Å². The van der Waals surface area contributed by atoms with Gasteiger partial charge in [-0.25, -0.2) is 4.79 Å². The van der Waals surface area contributed by atoms with E-state index in [-0.39, 0.29) is 13.0 Å². The summed E-state index contributed by atoms with van der Waals surface area (Å²) in [5.41, 5.74) is 1.02. The maximum atomic E-state index is 11.2. The zero-order valence-corrected chi connectivity index (χ0v) is 13.0. The van der Waals surface area contributed by atoms with Crippen molar-refractivity contribution < 1.29 is 29.2 Å². The Labute approximate surface area is 130 Å². The summed E-state index contributed by atoms with van der Waals surface area (Å²) in [6.07, 6.45) is -1.83. The number of esters is 1. The van der Waals surface area contributed by atoms with Gasteiger partial charge in [0.1, 0.15) is 5.75 Å². The summed E-state index contributed by atoms with van der Waals surface area (Å²) in [7, 11) is 1.61. The fraction of sp³-hybridized carbons (Fsp3) is 0.562. The van der Waals surface area contributed by atoms with Crippen molar-refractivity contribution in [3.63, 3.8) is 0 Å². The van der Waals surface area contributed by atoms with Crippen LogP contribution in [0.3, 0.4) is 0 Å². The largest absolute Gasteiger partial charge is 0.497 e. The summed E-state index contributed by atoms with van der Waals surface area (Å²) in [4.78, 5) is 11.2. The lowest BCUT2D eigenvalue weighted by Gasteiger charge is -2.16. The second-order valence-electron chi connectivity index (χ2n) is 4.81. The van der Waals surface area contributed by atoms with Crippen molar-refractivity contribution in [2.24, 2.45) is 0 Å². The number of ether oxygens (including phenoxy) is 3. The standard InChI is InChI=1S/C16H24O6/c1-3-22-16(19)15(18)14(17)5-4-10-21-11-12-6-8-13(20-2)9-7-12/h6-9,14-15,17-18H,3-5,10-11H2,1-2H3/t14-,15+/m0/s1. The van der Waals surface area contributed by atoms with Gasteiger partial charge in [-0.3, -0.25) is 0 Å². The van der Waals surface area contributed by atoms with Crippen LogP contribution in [0.2, 0.25) is 0 Å². The first-order chi connectivity index (χ1) is 10.6. The molecular formula is C16H24O6. The second-order valence-corrected chi connectivity index (χ2v) is 4.81. The normalized spacial score (nSPS) is 13.5. The lowest BCUT2D eigenvalue weighted by atomic mass is 10.1. The first-order valence-corrected chi connectivity index (χ1v) is 7.32. The Balaban J connectivity index is 2.17. The molecular weight excluding hydrogens is 288 g/mol. The molecule has 0 aliphatic heterocycles. The average Bonchev–Trinajstić information content (AvgIpc) is 2.54. The molecule has 0 radical (unpaired) electrons. The van der Waals surface area contributed by atoms with Crippen molar-refractivity contribution in [1.29, 1.82) is 0 Å². The van der Waals surface area contributed by atoms with E-state index in [1.54, 1.807) is 14.0 Å². The third-order valence-corrected chi connectivity index (χ3v) is 3.11. The topological polar surface area (TPSA) is 85.2 Å². The number of benzene rings is 1. The fourth-order valence-corrected chi connectivity index (χ4v) is 1.85. The molecule has 0 spiro atoms. The Morgan fingerprint density at radius 1 is 1.23 bits per heavy atom. The van der Waals surface area contributed by atoms with E-state index in [1.807, 2.05) is 24.3 Å². The van der Waals surface area contributed by atoms with Crippen molar-refractivity contribution in [3.8, 4) is 5.75 Å². The third-order valence-electron chi connectivity index (χ3n) is 3.11. The van der Waals surface area contributed by atoms with Gasteiger partial charge in [-0.1, -0.05) is 12.1 Å². The van der Waals surface area contributed by atoms with Gasteiger partial charge in [0.2, 0.25) is 0 Å². The molecule has 0 saturated heterocycles. The van der Waals surface area contributed by atoms with Crippen LogP contribution in [0.4, 0.5) is 0 Å². The summed E-state index contributed by atoms with van der Waals surface area (Å²) < 4.78 is 15.2. The van der Waals surface area contributed by atoms with E-state index in [0.717, 1.165) is 11.3 Å². The van der Waals surface area contributed by atoms with Crippen LogP contribution in [0.25, 0.3) is 0 Å². The molecule has 0 bridgehead atoms. The molecule has 1 aromatic rings. The highest BCUT2D eigenvalue weighted by Gasteiger charge is 2.24. The van der Waals surface area contributed by atoms with E-state index in [1.165, 1.54) is 0 Å². The van der Waals surface area contributed by atoms with Gasteiger partial charge in [0.05, 0.1) is 26.4 Å². The van der Waals surface area contributed by atoms with Crippen LogP contribution < -0.4 is 4.74 Å². The van der Waals surface area contributed by atoms with Gasteiger partial charge in [-0.15, -0.1) is 0 Å². The monoisotopic (exact) mass is 312 g/mol. The lowest BCUT2D eigenvalue weighted by Crippen LogP contribution is -2.35. The molecule has 0 aromatic heterocycles. The van der Waals surface area contributed by atoms with E-state index in [9.17, 15) is 15.0 Å².